The number of phenolic OH excluding ortho intramolecular Hbond substituents is 3. The fourth-order valence-corrected chi connectivity index (χ4v) is 8.95. The normalized spacial score (nSPS) is 29.7. The Morgan fingerprint density at radius 2 is 1.61 bits per heavy atom. The number of carbonyl (C=O) groups is 3. The number of aromatic hydroxyl groups is 3. The molecule has 4 aliphatic heterocycles. The van der Waals surface area contributed by atoms with Gasteiger partial charge >= 0.3 is 11.8 Å². The van der Waals surface area contributed by atoms with E-state index in [1.165, 1.54) is 59.4 Å². The third-order valence-electron chi connectivity index (χ3n) is 13.2. The number of rotatable bonds is 7. The molecule has 4 aliphatic rings. The number of methoxy groups -OCH3 is 1. The highest BCUT2D eigenvalue weighted by Crippen LogP contribution is 2.55. The Labute approximate surface area is 391 Å². The van der Waals surface area contributed by atoms with Crippen LogP contribution in [0.5, 0.6) is 23.0 Å². The van der Waals surface area contributed by atoms with Crippen LogP contribution in [0.4, 0.5) is 5.69 Å². The van der Waals surface area contributed by atoms with E-state index in [9.17, 15) is 39.9 Å². The molecule has 360 valence electrons. The number of aliphatic hydroxyl groups is 2. The lowest BCUT2D eigenvalue weighted by Crippen LogP contribution is -2.46. The first-order chi connectivity index (χ1) is 31.8. The lowest BCUT2D eigenvalue weighted by molar-refractivity contribution is -0.160. The van der Waals surface area contributed by atoms with Crippen LogP contribution in [0.25, 0.3) is 16.8 Å². The van der Waals surface area contributed by atoms with Gasteiger partial charge in [-0.15, -0.1) is 0 Å². The van der Waals surface area contributed by atoms with Gasteiger partial charge in [-0.1, -0.05) is 88.4 Å². The number of nitrogens with one attached hydrogen (secondary N) is 1. The van der Waals surface area contributed by atoms with E-state index < -0.39 is 88.8 Å². The lowest BCUT2D eigenvalue weighted by atomic mass is 9.78. The van der Waals surface area contributed by atoms with Crippen molar-refractivity contribution in [1.82, 2.24) is 9.91 Å². The first kappa shape index (κ1) is 50.2. The number of hydrogen-bond acceptors (Lipinski definition) is 15. The van der Waals surface area contributed by atoms with Crippen molar-refractivity contribution in [2.75, 3.05) is 45.2 Å². The topological polar surface area (TPSA) is 220 Å². The van der Waals surface area contributed by atoms with Crippen LogP contribution in [0.2, 0.25) is 0 Å². The number of amides is 1. The molecule has 9 atom stereocenters. The fourth-order valence-electron chi connectivity index (χ4n) is 8.95. The van der Waals surface area contributed by atoms with Crippen molar-refractivity contribution < 1.29 is 58.9 Å². The predicted octanol–water partition coefficient (Wildman–Crippen LogP) is 6.42. The van der Waals surface area contributed by atoms with E-state index in [-0.39, 0.29) is 44.5 Å². The highest BCUT2D eigenvalue weighted by Gasteiger charge is 2.50. The molecule has 0 aromatic heterocycles. The molecule has 1 amide bonds. The summed E-state index contributed by atoms with van der Waals surface area (Å²) in [6.07, 6.45) is 9.03. The van der Waals surface area contributed by atoms with Crippen LogP contribution in [0, 0.1) is 30.6 Å². The quantitative estimate of drug-likeness (QED) is 0.0652. The molecule has 0 spiro atoms. The van der Waals surface area contributed by atoms with Crippen molar-refractivity contribution in [3.05, 3.63) is 94.8 Å². The van der Waals surface area contributed by atoms with E-state index in [2.05, 4.69) is 27.5 Å². The molecule has 3 aromatic rings. The third-order valence-corrected chi connectivity index (χ3v) is 13.2. The summed E-state index contributed by atoms with van der Waals surface area (Å²) in [6.45, 7) is 15.7. The summed E-state index contributed by atoms with van der Waals surface area (Å²) in [5.41, 5.74) is 0.718. The summed E-state index contributed by atoms with van der Waals surface area (Å²) in [6, 6.07) is 10.0. The number of hydrogen-bond donors (Lipinski definition) is 6. The Bertz CT molecular complexity index is 2480. The van der Waals surface area contributed by atoms with Gasteiger partial charge in [-0.3, -0.25) is 24.3 Å². The number of phenols is 3. The Hall–Kier alpha value is -6.20. The number of ketones is 1. The molecule has 16 nitrogen and oxygen atoms in total. The minimum Gasteiger partial charge on any atom is -0.507 e. The van der Waals surface area contributed by atoms with Gasteiger partial charge < -0.3 is 49.8 Å². The zero-order chi connectivity index (χ0) is 48.9. The fraction of sp³-hybridized carbons (Fsp3) is 0.451. The molecule has 0 radical (unpaired) electrons. The molecule has 16 heteroatoms. The Morgan fingerprint density at radius 3 is 2.27 bits per heavy atom. The van der Waals surface area contributed by atoms with Gasteiger partial charge in [0.1, 0.15) is 23.4 Å². The van der Waals surface area contributed by atoms with E-state index in [1.54, 1.807) is 44.9 Å². The zero-order valence-electron chi connectivity index (χ0n) is 39.6. The second-order valence-corrected chi connectivity index (χ2v) is 17.9. The molecule has 0 unspecified atom stereocenters. The van der Waals surface area contributed by atoms with Crippen LogP contribution >= 0.6 is 0 Å². The number of Topliss-reactive ketones (excluding diaryl/α,β-unsaturated/α-hetero) is 1. The summed E-state index contributed by atoms with van der Waals surface area (Å²) in [5, 5.41) is 67.6. The van der Waals surface area contributed by atoms with Gasteiger partial charge in [0.05, 0.1) is 53.0 Å². The van der Waals surface area contributed by atoms with Crippen molar-refractivity contribution in [1.29, 1.82) is 0 Å². The number of fused-ring (bicyclic) bond motifs is 14. The molecule has 0 aliphatic carbocycles. The number of benzene rings is 3. The average Bonchev–Trinajstić information content (AvgIpc) is 3.57. The standard InChI is InChI=1S/C51H64N4O12/c1-28-15-13-16-29(2)50(63)53-41-36(27-52-55-24-22-54(23-25-55)21-14-19-35-17-11-10-12-18-35)45(60)38-39(46(41)61)44(59)33(6)48-40(38)49(62)51(8,67-48)65-26-20-37(64-9)30(3)47(66-34(7)56)32(5)43(58)31(4)42(28)57/h10-20,26-28,30-32,37,42-43,47,57-61H,21-25H2,1-9H3,(H,53,63)/b15-13+,19-14+,26-20+,29-16+,52-27-/t28-,30-,31-,32+,37-,42+,43-,47-,51-/m0/s1. The molecule has 5 bridgehead atoms. The van der Waals surface area contributed by atoms with Crippen molar-refractivity contribution in [3.8, 4) is 23.0 Å². The smallest absolute Gasteiger partial charge is 0.312 e. The first-order valence-electron chi connectivity index (χ1n) is 22.6. The molecule has 7 rings (SSSR count). The maximum Gasteiger partial charge on any atom is 0.312 e. The molecule has 6 N–H and O–H groups in total. The minimum atomic E-state index is -2.06. The monoisotopic (exact) mass is 924 g/mol. The summed E-state index contributed by atoms with van der Waals surface area (Å²) >= 11 is 0. The number of anilines is 1. The van der Waals surface area contributed by atoms with Crippen LogP contribution in [-0.2, 0) is 23.8 Å². The molecule has 67 heavy (non-hydrogen) atoms. The summed E-state index contributed by atoms with van der Waals surface area (Å²) < 4.78 is 23.7. The molecular weight excluding hydrogens is 861 g/mol. The van der Waals surface area contributed by atoms with Gasteiger partial charge in [-0.05, 0) is 25.5 Å². The van der Waals surface area contributed by atoms with Gasteiger partial charge in [0, 0.05) is 93.9 Å². The minimum absolute atomic E-state index is 0.0504. The van der Waals surface area contributed by atoms with E-state index in [4.69, 9.17) is 18.9 Å². The van der Waals surface area contributed by atoms with Crippen LogP contribution in [-0.4, -0.2) is 129 Å². The maximum atomic E-state index is 14.6. The van der Waals surface area contributed by atoms with Gasteiger partial charge in [-0.2, -0.15) is 5.10 Å². The van der Waals surface area contributed by atoms with E-state index >= 15 is 0 Å². The van der Waals surface area contributed by atoms with E-state index in [0.717, 1.165) is 12.1 Å². The predicted molar refractivity (Wildman–Crippen MR) is 255 cm³/mol. The van der Waals surface area contributed by atoms with Crippen molar-refractivity contribution >= 4 is 46.4 Å². The molecule has 3 aromatic carbocycles. The largest absolute Gasteiger partial charge is 0.507 e. The summed E-state index contributed by atoms with van der Waals surface area (Å²) in [4.78, 5) is 43.1. The molecule has 0 saturated carbocycles. The van der Waals surface area contributed by atoms with E-state index in [1.807, 2.05) is 30.3 Å². The number of ether oxygens (including phenoxy) is 4. The first-order valence-corrected chi connectivity index (χ1v) is 22.6. The summed E-state index contributed by atoms with van der Waals surface area (Å²) in [7, 11) is 1.44. The number of carbonyl (C=O) groups excluding carboxylic acids is 3. The van der Waals surface area contributed by atoms with Crippen LogP contribution < -0.4 is 10.1 Å². The molecular formula is C51H64N4O12. The molecule has 1 fully saturated rings. The maximum absolute atomic E-state index is 14.6. The van der Waals surface area contributed by atoms with E-state index in [0.29, 0.717) is 26.2 Å². The number of hydrazone groups is 1. The number of nitrogens with zero attached hydrogens (tertiary/aromatic N) is 3. The number of aliphatic hydroxyl groups excluding tert-OH is 2. The van der Waals surface area contributed by atoms with Gasteiger partial charge in [0.2, 0.25) is 0 Å². The lowest BCUT2D eigenvalue weighted by Gasteiger charge is -2.38. The molecule has 4 heterocycles. The zero-order valence-corrected chi connectivity index (χ0v) is 39.6. The Kier molecular flexibility index (Phi) is 15.9. The number of esters is 1. The average molecular weight is 925 g/mol. The highest BCUT2D eigenvalue weighted by atomic mass is 16.7. The van der Waals surface area contributed by atoms with Gasteiger partial charge in [-0.25, -0.2) is 0 Å². The Balaban J connectivity index is 1.43. The number of allylic oxidation sites excluding steroid dienone is 2. The Morgan fingerprint density at radius 1 is 0.925 bits per heavy atom. The second kappa shape index (κ2) is 21.2. The second-order valence-electron chi connectivity index (χ2n) is 17.9. The molecule has 1 saturated heterocycles. The van der Waals surface area contributed by atoms with Gasteiger partial charge in [0.15, 0.2) is 5.75 Å². The van der Waals surface area contributed by atoms with Crippen molar-refractivity contribution in [3.63, 3.8) is 0 Å². The number of piperazine rings is 1. The summed E-state index contributed by atoms with van der Waals surface area (Å²) in [5.74, 6) is -8.44. The third kappa shape index (κ3) is 10.7. The SMILES string of the molecule is CO[C@H]1/C=C/O[C@@]2(C)Oc3c(C)c(O)c4c(O)c(c(/C=N\N5CCN(C/C=C/c6ccccc6)CC5)c(O)c4c3C2=O)NC(=O)/C(C)=C/C=C/[C@H](C)[C@@H](O)[C@H](C)[C@H](O)[C@@H](C)[C@@H](OC(C)=O)[C@H]1C. The van der Waals surface area contributed by atoms with Crippen molar-refractivity contribution in [2.45, 2.75) is 85.6 Å². The van der Waals surface area contributed by atoms with Gasteiger partial charge in [0.25, 0.3) is 11.7 Å². The van der Waals surface area contributed by atoms with Crippen LogP contribution in [0.1, 0.15) is 75.5 Å². The highest BCUT2D eigenvalue weighted by molar-refractivity contribution is 6.23. The van der Waals surface area contributed by atoms with Crippen molar-refractivity contribution in [2.24, 2.45) is 28.8 Å². The van der Waals surface area contributed by atoms with Crippen LogP contribution in [0.15, 0.2) is 77.6 Å². The van der Waals surface area contributed by atoms with Crippen LogP contribution in [0.3, 0.4) is 0 Å².